The highest BCUT2D eigenvalue weighted by molar-refractivity contribution is 7.00. The van der Waals surface area contributed by atoms with Crippen molar-refractivity contribution in [2.45, 2.75) is 0 Å². The van der Waals surface area contributed by atoms with Crippen LogP contribution < -0.4 is 26.2 Å². The molecule has 22 aromatic rings. The first kappa shape index (κ1) is 51.9. The van der Waals surface area contributed by atoms with Gasteiger partial charge in [0.25, 0.3) is 6.71 Å². The van der Waals surface area contributed by atoms with Crippen LogP contribution in [0.25, 0.3) is 170 Å². The van der Waals surface area contributed by atoms with Crippen LogP contribution >= 0.6 is 0 Å². The van der Waals surface area contributed by atoms with Gasteiger partial charge in [-0.15, -0.1) is 0 Å². The van der Waals surface area contributed by atoms with Gasteiger partial charge in [0.05, 0.1) is 66.5 Å². The van der Waals surface area contributed by atoms with Gasteiger partial charge in [0, 0.05) is 105 Å². The van der Waals surface area contributed by atoms with Crippen LogP contribution in [-0.2, 0) is 0 Å². The van der Waals surface area contributed by atoms with E-state index in [2.05, 4.69) is 328 Å². The number of rotatable bonds is 9. The number of hydrogen-bond donors (Lipinski definition) is 0. The minimum atomic E-state index is -0.524. The molecular weight excluding hydrogens is 1310 g/mol. The first-order valence-corrected chi connectivity index (χ1v) is 36.9. The summed E-state index contributed by atoms with van der Waals surface area (Å²) in [5.41, 5.74) is 27.8. The predicted octanol–water partition coefficient (Wildman–Crippen LogP) is 25.2. The molecule has 0 N–H and O–H groups in total. The molecule has 7 heterocycles. The molecule has 5 nitrogen and oxygen atoms in total. The monoisotopic (exact) mass is 1380 g/mol. The van der Waals surface area contributed by atoms with E-state index in [4.69, 9.17) is 2.74 Å². The molecule has 0 fully saturated rings. The van der Waals surface area contributed by atoms with Crippen LogP contribution in [0.5, 0.6) is 0 Å². The van der Waals surface area contributed by atoms with E-state index in [0.29, 0.717) is 5.69 Å². The third kappa shape index (κ3) is 8.31. The first-order valence-electron chi connectivity index (χ1n) is 40.9. The molecule has 0 unspecified atom stereocenters. The fourth-order valence-electron chi connectivity index (χ4n) is 18.8. The molecule has 0 spiro atoms. The van der Waals surface area contributed by atoms with Crippen LogP contribution in [0.15, 0.2) is 376 Å². The van der Waals surface area contributed by atoms with Crippen molar-refractivity contribution in [3.63, 3.8) is 0 Å². The second-order valence-corrected chi connectivity index (χ2v) is 28.8. The molecule has 17 aromatic carbocycles. The van der Waals surface area contributed by atoms with Crippen molar-refractivity contribution in [1.29, 1.82) is 0 Å². The van der Waals surface area contributed by atoms with E-state index in [9.17, 15) is 8.22 Å². The smallest absolute Gasteiger partial charge is 0.252 e. The zero-order valence-corrected chi connectivity index (χ0v) is 58.0. The Labute approximate surface area is 634 Å². The quantitative estimate of drug-likeness (QED) is 0.134. The van der Waals surface area contributed by atoms with E-state index in [1.54, 1.807) is 4.57 Å². The standard InChI is InChI=1S/C102H62BN5/c1-5-25-63(26-6-1)72-37-21-38-73(64-27-7-2-8-28-64)99(72)107-94-59-69(67-50-55-92-84(57-67)82-43-23-41-80-78-35-15-19-47-90(78)105(92)101(80)82)49-53-86(94)103-87-54-52-71(104-88-45-17-13-33-76(88)77-34-14-18-46-89(77)104)62-95(87)108(100-74(65-29-9-3-10-30-65)39-22-40-75(100)66-31-11-4-12-32-66)97-61-70(60-96(107)98(97)103)68-51-56-93-85(58-68)83-44-24-42-81-79-36-16-20-48-91(79)106(93)102(81)83/h1-62H/i13D,14D,17D,18D,33D,34D,45D,46D. The summed E-state index contributed by atoms with van der Waals surface area (Å²) in [5.74, 6) is 0. The van der Waals surface area contributed by atoms with Crippen LogP contribution in [0.2, 0.25) is 0 Å². The Bertz CT molecular complexity index is 7830. The van der Waals surface area contributed by atoms with Gasteiger partial charge >= 0.3 is 0 Å². The molecule has 108 heavy (non-hydrogen) atoms. The van der Waals surface area contributed by atoms with Gasteiger partial charge in [0.15, 0.2) is 0 Å². The normalized spacial score (nSPS) is 13.8. The van der Waals surface area contributed by atoms with Crippen LogP contribution in [0.3, 0.4) is 0 Å². The Morgan fingerprint density at radius 2 is 0.583 bits per heavy atom. The molecule has 0 atom stereocenters. The van der Waals surface area contributed by atoms with E-state index >= 15 is 0 Å². The lowest BCUT2D eigenvalue weighted by Crippen LogP contribution is -2.61. The van der Waals surface area contributed by atoms with Gasteiger partial charge in [-0.05, 0) is 140 Å². The predicted molar refractivity (Wildman–Crippen MR) is 457 cm³/mol. The molecule has 0 aliphatic carbocycles. The molecule has 0 bridgehead atoms. The van der Waals surface area contributed by atoms with Crippen molar-refractivity contribution < 1.29 is 11.0 Å². The molecule has 2 aliphatic rings. The van der Waals surface area contributed by atoms with Crippen molar-refractivity contribution in [2.24, 2.45) is 0 Å². The number of benzene rings is 17. The van der Waals surface area contributed by atoms with Crippen LogP contribution in [0.4, 0.5) is 34.1 Å². The number of hydrogen-bond acceptors (Lipinski definition) is 2. The van der Waals surface area contributed by atoms with Crippen molar-refractivity contribution in [1.82, 2.24) is 13.4 Å². The van der Waals surface area contributed by atoms with Gasteiger partial charge in [-0.2, -0.15) is 0 Å². The summed E-state index contributed by atoms with van der Waals surface area (Å²) >= 11 is 0. The highest BCUT2D eigenvalue weighted by Crippen LogP contribution is 2.55. The summed E-state index contributed by atoms with van der Waals surface area (Å²) in [7, 11) is 0. The highest BCUT2D eigenvalue weighted by atomic mass is 15.2. The molecule has 0 amide bonds. The van der Waals surface area contributed by atoms with Gasteiger partial charge in [-0.1, -0.05) is 297 Å². The van der Waals surface area contributed by atoms with E-state index in [1.807, 2.05) is 18.2 Å². The minimum Gasteiger partial charge on any atom is -0.310 e. The Morgan fingerprint density at radius 1 is 0.231 bits per heavy atom. The van der Waals surface area contributed by atoms with Gasteiger partial charge in [-0.25, -0.2) is 0 Å². The number of anilines is 6. The topological polar surface area (TPSA) is 20.2 Å². The van der Waals surface area contributed by atoms with Gasteiger partial charge in [0.2, 0.25) is 0 Å². The Hall–Kier alpha value is -14.2. The first-order chi connectivity index (χ1) is 56.9. The maximum Gasteiger partial charge on any atom is 0.252 e. The lowest BCUT2D eigenvalue weighted by atomic mass is 9.33. The number of para-hydroxylation sites is 8. The third-order valence-electron chi connectivity index (χ3n) is 23.3. The van der Waals surface area contributed by atoms with E-state index in [0.717, 1.165) is 150 Å². The molecule has 5 aromatic heterocycles. The van der Waals surface area contributed by atoms with E-state index < -0.39 is 43.0 Å². The summed E-state index contributed by atoms with van der Waals surface area (Å²) in [5, 5.41) is 9.47. The highest BCUT2D eigenvalue weighted by Gasteiger charge is 2.46. The summed E-state index contributed by atoms with van der Waals surface area (Å²) in [6.07, 6.45) is 0. The van der Waals surface area contributed by atoms with E-state index in [1.165, 1.54) is 43.5 Å². The molecule has 0 saturated heterocycles. The average molecular weight is 1380 g/mol. The molecule has 24 rings (SSSR count). The fourth-order valence-corrected chi connectivity index (χ4v) is 18.8. The molecule has 0 radical (unpaired) electrons. The van der Waals surface area contributed by atoms with Crippen LogP contribution in [0, 0.1) is 0 Å². The lowest BCUT2D eigenvalue weighted by molar-refractivity contribution is 1.17. The molecular formula is C102H62BN5. The van der Waals surface area contributed by atoms with Crippen molar-refractivity contribution >= 4 is 155 Å². The SMILES string of the molecule is [2H]c1c([2H])c([2H])c2c(c1[2H])c1c([2H])c([2H])c([2H])c([2H])c1n2-c1ccc2c(c1)N(c1c(-c3ccccc3)cccc1-c1ccccc1)c1cc(-c3ccc4c(c3)c3cccc5c6ccccc6n4c53)cc3c1B2c1ccc(-c2ccc4c(c2)c2cccc5c6ccccc6n4c52)cc1N3c1c(-c2ccccc2)cccc1-c1ccccc1. The fraction of sp³-hybridized carbons (Fsp3) is 0. The molecule has 0 saturated carbocycles. The summed E-state index contributed by atoms with van der Waals surface area (Å²) in [6.45, 7) is -0.524. The second kappa shape index (κ2) is 22.7. The van der Waals surface area contributed by atoms with Gasteiger partial charge in [0.1, 0.15) is 0 Å². The van der Waals surface area contributed by atoms with E-state index in [-0.39, 0.29) is 33.9 Å². The number of nitrogens with zero attached hydrogens (tertiary/aromatic N) is 5. The molecule has 498 valence electrons. The summed E-state index contributed by atoms with van der Waals surface area (Å²) in [6, 6.07) is 115. The number of fused-ring (bicyclic) bond motifs is 19. The lowest BCUT2D eigenvalue weighted by Gasteiger charge is -2.46. The largest absolute Gasteiger partial charge is 0.310 e. The Kier molecular flexibility index (Phi) is 10.9. The van der Waals surface area contributed by atoms with Gasteiger partial charge in [-0.3, -0.25) is 0 Å². The third-order valence-corrected chi connectivity index (χ3v) is 23.3. The average Bonchev–Trinajstić information content (AvgIpc) is 1.03. The van der Waals surface area contributed by atoms with Crippen LogP contribution in [-0.4, -0.2) is 20.1 Å². The zero-order chi connectivity index (χ0) is 77.4. The van der Waals surface area contributed by atoms with Crippen molar-refractivity contribution in [3.05, 3.63) is 376 Å². The molecule has 6 heteroatoms. The number of aromatic nitrogens is 3. The Balaban J connectivity index is 0.870. The van der Waals surface area contributed by atoms with Crippen molar-refractivity contribution in [3.8, 4) is 72.4 Å². The minimum absolute atomic E-state index is 0.00507. The second-order valence-electron chi connectivity index (χ2n) is 28.8. The van der Waals surface area contributed by atoms with Crippen molar-refractivity contribution in [2.75, 3.05) is 9.80 Å². The van der Waals surface area contributed by atoms with Gasteiger partial charge < -0.3 is 23.2 Å². The zero-order valence-electron chi connectivity index (χ0n) is 66.0. The maximum absolute atomic E-state index is 9.90. The summed E-state index contributed by atoms with van der Waals surface area (Å²) in [4.78, 5) is 5.02. The maximum atomic E-state index is 9.90. The van der Waals surface area contributed by atoms with Crippen LogP contribution in [0.1, 0.15) is 11.0 Å². The Morgan fingerprint density at radius 3 is 1.06 bits per heavy atom. The molecule has 2 aliphatic heterocycles. The summed E-state index contributed by atoms with van der Waals surface area (Å²) < 4.78 is 82.5.